The zero-order chi connectivity index (χ0) is 47.1. The Labute approximate surface area is 399 Å². The summed E-state index contributed by atoms with van der Waals surface area (Å²) in [7, 11) is 0. The van der Waals surface area contributed by atoms with Crippen LogP contribution < -0.4 is 10.6 Å². The van der Waals surface area contributed by atoms with E-state index in [1.807, 2.05) is 152 Å². The number of amides is 3. The summed E-state index contributed by atoms with van der Waals surface area (Å²) in [6.45, 7) is 6.52. The van der Waals surface area contributed by atoms with E-state index in [1.54, 1.807) is 20.8 Å². The first kappa shape index (κ1) is 46.4. The highest BCUT2D eigenvalue weighted by atomic mass is 32.2. The number of β-lactam (4-membered cyclic amide) rings is 1. The van der Waals surface area contributed by atoms with Gasteiger partial charge in [0.15, 0.2) is 11.2 Å². The van der Waals surface area contributed by atoms with Crippen molar-refractivity contribution < 1.29 is 38.3 Å². The van der Waals surface area contributed by atoms with Crippen molar-refractivity contribution in [3.05, 3.63) is 196 Å². The predicted molar refractivity (Wildman–Crippen MR) is 258 cm³/mol. The van der Waals surface area contributed by atoms with Crippen molar-refractivity contribution in [1.29, 1.82) is 0 Å². The average Bonchev–Trinajstić information content (AvgIpc) is 3.79. The zero-order valence-electron chi connectivity index (χ0n) is 36.7. The molecule has 17 heteroatoms. The maximum atomic E-state index is 14.8. The van der Waals surface area contributed by atoms with Crippen molar-refractivity contribution in [2.45, 2.75) is 56.4 Å². The van der Waals surface area contributed by atoms with Crippen LogP contribution in [0.15, 0.2) is 167 Å². The number of carbonyl (C=O) groups is 5. The third kappa shape index (κ3) is 10.3. The summed E-state index contributed by atoms with van der Waals surface area (Å²) in [5, 5.41) is 8.86. The van der Waals surface area contributed by atoms with Crippen LogP contribution in [0.25, 0.3) is 0 Å². The number of anilines is 1. The highest BCUT2D eigenvalue weighted by molar-refractivity contribution is 8.17. The lowest BCUT2D eigenvalue weighted by atomic mass is 9.80. The predicted octanol–water partition coefficient (Wildman–Crippen LogP) is 8.82. The average molecular weight is 953 g/mol. The summed E-state index contributed by atoms with van der Waals surface area (Å²) in [6, 6.07) is 45.4. The van der Waals surface area contributed by atoms with Gasteiger partial charge in [-0.05, 0) is 31.9 Å². The quantitative estimate of drug-likeness (QED) is 0.0349. The van der Waals surface area contributed by atoms with Gasteiger partial charge in [0, 0.05) is 45.8 Å². The fourth-order valence-corrected chi connectivity index (χ4v) is 10.3. The highest BCUT2D eigenvalue weighted by Gasteiger charge is 2.55. The number of aromatic nitrogens is 2. The molecule has 2 aliphatic heterocycles. The summed E-state index contributed by atoms with van der Waals surface area (Å²) in [4.78, 5) is 81.6. The van der Waals surface area contributed by atoms with E-state index in [2.05, 4.69) is 25.1 Å². The lowest BCUT2D eigenvalue weighted by Crippen LogP contribution is -2.71. The molecule has 3 heterocycles. The maximum Gasteiger partial charge on any atom is 0.414 e. The lowest BCUT2D eigenvalue weighted by molar-refractivity contribution is -0.154. The Hall–Kier alpha value is -7.08. The molecule has 8 rings (SSSR count). The largest absolute Gasteiger partial charge is 0.448 e. The number of nitrogens with zero attached hydrogens (tertiary/aromatic N) is 4. The van der Waals surface area contributed by atoms with Crippen molar-refractivity contribution in [2.75, 3.05) is 11.1 Å². The molecule has 0 bridgehead atoms. The third-order valence-electron chi connectivity index (χ3n) is 10.4. The fourth-order valence-electron chi connectivity index (χ4n) is 7.53. The summed E-state index contributed by atoms with van der Waals surface area (Å²) < 4.78 is 16.0. The number of hydrogen-bond acceptors (Lipinski definition) is 14. The van der Waals surface area contributed by atoms with E-state index in [1.165, 1.54) is 23.6 Å². The number of hydrogen-bond donors (Lipinski definition) is 2. The standard InChI is InChI=1S/C50H44N6O8S3/c1-31(57)66-37-30-65-45-39(44(59)56(45)40(37)46(60)62-41(32-20-10-5-11-21-32)33-22-12-6-13-23-33)51-43(58)38(42-52-47(67-55-42)53-48(61)63-49(2,3)4)54-64-50(34-24-14-7-15-25-34,35-26-16-8-17-27-35)36-28-18-9-19-29-36/h5-29,39,41,45H,30H2,1-4H3,(H,51,58)(H,52,53,55,61). The number of thioether (sulfide) groups is 2. The van der Waals surface area contributed by atoms with Crippen LogP contribution in [-0.4, -0.2) is 71.7 Å². The second-order valence-electron chi connectivity index (χ2n) is 16.2. The Bertz CT molecular complexity index is 2690. The van der Waals surface area contributed by atoms with Crippen LogP contribution in [0.5, 0.6) is 0 Å². The summed E-state index contributed by atoms with van der Waals surface area (Å²) in [5.74, 6) is -2.36. The second-order valence-corrected chi connectivity index (χ2v) is 19.3. The van der Waals surface area contributed by atoms with E-state index >= 15 is 0 Å². The van der Waals surface area contributed by atoms with Gasteiger partial charge in [-0.3, -0.25) is 24.6 Å². The summed E-state index contributed by atoms with van der Waals surface area (Å²) in [5.41, 5.74) is 0.741. The molecule has 0 radical (unpaired) electrons. The molecule has 6 aromatic rings. The van der Waals surface area contributed by atoms with E-state index in [0.29, 0.717) is 32.7 Å². The lowest BCUT2D eigenvalue weighted by Gasteiger charge is -2.49. The smallest absolute Gasteiger partial charge is 0.414 e. The van der Waals surface area contributed by atoms with Crippen LogP contribution in [-0.2, 0) is 39.1 Å². The van der Waals surface area contributed by atoms with Crippen LogP contribution in [0.1, 0.15) is 67.4 Å². The Morgan fingerprint density at radius 2 is 1.28 bits per heavy atom. The monoisotopic (exact) mass is 952 g/mol. The molecule has 0 spiro atoms. The molecule has 3 amide bonds. The van der Waals surface area contributed by atoms with Crippen molar-refractivity contribution in [1.82, 2.24) is 19.6 Å². The number of fused-ring (bicyclic) bond motifs is 1. The minimum Gasteiger partial charge on any atom is -0.448 e. The molecule has 0 aliphatic carbocycles. The van der Waals surface area contributed by atoms with Crippen LogP contribution in [0.2, 0.25) is 0 Å². The molecule has 2 aliphatic rings. The first-order chi connectivity index (χ1) is 32.3. The first-order valence-electron chi connectivity index (χ1n) is 21.1. The van der Waals surface area contributed by atoms with Crippen molar-refractivity contribution in [2.24, 2.45) is 5.16 Å². The number of ether oxygens (including phenoxy) is 2. The molecule has 1 fully saturated rings. The van der Waals surface area contributed by atoms with Crippen molar-refractivity contribution >= 4 is 74.9 Å². The van der Waals surface area contributed by atoms with E-state index in [9.17, 15) is 24.0 Å². The minimum absolute atomic E-state index is 0.00650. The van der Waals surface area contributed by atoms with Gasteiger partial charge in [0.1, 0.15) is 22.7 Å². The number of nitrogens with one attached hydrogen (secondary N) is 2. The normalized spacial score (nSPS) is 16.1. The number of oxime groups is 1. The molecule has 67 heavy (non-hydrogen) atoms. The molecular formula is C50H44N6O8S3. The minimum atomic E-state index is -1.42. The summed E-state index contributed by atoms with van der Waals surface area (Å²) in [6.07, 6.45) is -1.62. The first-order valence-corrected chi connectivity index (χ1v) is 23.7. The molecule has 5 aromatic carbocycles. The van der Waals surface area contributed by atoms with Gasteiger partial charge >= 0.3 is 12.1 Å². The topological polar surface area (TPSA) is 178 Å². The maximum absolute atomic E-state index is 14.8. The Morgan fingerprint density at radius 1 is 0.776 bits per heavy atom. The van der Waals surface area contributed by atoms with Gasteiger partial charge in [-0.15, -0.1) is 11.8 Å². The van der Waals surface area contributed by atoms with Gasteiger partial charge < -0.3 is 19.6 Å². The van der Waals surface area contributed by atoms with Crippen molar-refractivity contribution in [3.63, 3.8) is 0 Å². The molecule has 2 atom stereocenters. The molecule has 1 saturated heterocycles. The Morgan fingerprint density at radius 3 is 1.78 bits per heavy atom. The van der Waals surface area contributed by atoms with Gasteiger partial charge in [-0.2, -0.15) is 9.36 Å². The SMILES string of the molecule is CC(=O)SC1=C(C(=O)OC(c2ccccc2)c2ccccc2)N2C(=O)C(NC(=O)C(=NOC(c3ccccc3)(c3ccccc3)c3ccccc3)c3nsc(NC(=O)OC(C)(C)C)n3)C2SC1. The van der Waals surface area contributed by atoms with Crippen LogP contribution in [0.3, 0.4) is 0 Å². The fraction of sp³-hybridized carbons (Fsp3) is 0.200. The van der Waals surface area contributed by atoms with E-state index in [0.717, 1.165) is 23.3 Å². The Balaban J connectivity index is 1.14. The Kier molecular flexibility index (Phi) is 14.0. The van der Waals surface area contributed by atoms with Crippen LogP contribution in [0.4, 0.5) is 9.93 Å². The number of benzene rings is 5. The number of rotatable bonds is 14. The van der Waals surface area contributed by atoms with Crippen LogP contribution in [0, 0.1) is 0 Å². The molecule has 2 unspecified atom stereocenters. The molecule has 2 N–H and O–H groups in total. The van der Waals surface area contributed by atoms with E-state index < -0.39 is 58.3 Å². The summed E-state index contributed by atoms with van der Waals surface area (Å²) >= 11 is 2.91. The molecule has 340 valence electrons. The van der Waals surface area contributed by atoms with Gasteiger partial charge in [-0.1, -0.05) is 169 Å². The van der Waals surface area contributed by atoms with Crippen LogP contribution >= 0.6 is 35.1 Å². The molecule has 1 aromatic heterocycles. The molecule has 0 saturated carbocycles. The van der Waals surface area contributed by atoms with Gasteiger partial charge in [0.2, 0.25) is 22.3 Å². The van der Waals surface area contributed by atoms with Gasteiger partial charge in [0.05, 0.1) is 0 Å². The molecule has 14 nitrogen and oxygen atoms in total. The molecular weight excluding hydrogens is 909 g/mol. The van der Waals surface area contributed by atoms with E-state index in [4.69, 9.17) is 14.3 Å². The van der Waals surface area contributed by atoms with Gasteiger partial charge in [0.25, 0.3) is 11.8 Å². The van der Waals surface area contributed by atoms with Crippen molar-refractivity contribution in [3.8, 4) is 0 Å². The third-order valence-corrected chi connectivity index (χ3v) is 13.3. The highest BCUT2D eigenvalue weighted by Crippen LogP contribution is 2.45. The number of esters is 1. The zero-order valence-corrected chi connectivity index (χ0v) is 39.1. The van der Waals surface area contributed by atoms with E-state index in [-0.39, 0.29) is 27.5 Å². The second kappa shape index (κ2) is 20.2. The number of carbonyl (C=O) groups excluding carboxylic acids is 5. The van der Waals surface area contributed by atoms with Gasteiger partial charge in [-0.25, -0.2) is 9.59 Å².